The lowest BCUT2D eigenvalue weighted by atomic mass is 10.0. The standard InChI is InChI=1S/C20H26N4O/c1-3-14-8-7-9-15(4-2)18(14)24-20-21-12-16(13-22-20)19(25)23-17-10-5-6-11-17/h7-9,12-13,17H,3-6,10-11H2,1-2H3,(H,23,25)(H,21,22,24). The lowest BCUT2D eigenvalue weighted by molar-refractivity contribution is 0.0937. The summed E-state index contributed by atoms with van der Waals surface area (Å²) in [6.07, 6.45) is 9.61. The topological polar surface area (TPSA) is 66.9 Å². The summed E-state index contributed by atoms with van der Waals surface area (Å²) in [5.41, 5.74) is 4.07. The van der Waals surface area contributed by atoms with Crippen LogP contribution in [0.15, 0.2) is 30.6 Å². The summed E-state index contributed by atoms with van der Waals surface area (Å²) in [6, 6.07) is 6.62. The molecule has 1 aliphatic carbocycles. The average Bonchev–Trinajstić information content (AvgIpc) is 3.15. The number of anilines is 2. The summed E-state index contributed by atoms with van der Waals surface area (Å²) in [5.74, 6) is 0.440. The van der Waals surface area contributed by atoms with Gasteiger partial charge in [0.15, 0.2) is 0 Å². The molecule has 1 fully saturated rings. The van der Waals surface area contributed by atoms with Crippen LogP contribution in [-0.2, 0) is 12.8 Å². The molecular weight excluding hydrogens is 312 g/mol. The highest BCUT2D eigenvalue weighted by atomic mass is 16.1. The van der Waals surface area contributed by atoms with Crippen LogP contribution in [0.2, 0.25) is 0 Å². The van der Waals surface area contributed by atoms with E-state index in [0.29, 0.717) is 17.6 Å². The Kier molecular flexibility index (Phi) is 5.64. The highest BCUT2D eigenvalue weighted by Crippen LogP contribution is 2.25. The number of aryl methyl sites for hydroxylation is 2. The van der Waals surface area contributed by atoms with Gasteiger partial charge in [0.2, 0.25) is 5.95 Å². The van der Waals surface area contributed by atoms with Crippen molar-refractivity contribution in [3.8, 4) is 0 Å². The molecule has 0 unspecified atom stereocenters. The number of nitrogens with one attached hydrogen (secondary N) is 2. The normalized spacial score (nSPS) is 14.5. The SMILES string of the molecule is CCc1cccc(CC)c1Nc1ncc(C(=O)NC2CCCC2)cn1. The number of rotatable bonds is 6. The van der Waals surface area contributed by atoms with Crippen molar-refractivity contribution in [3.63, 3.8) is 0 Å². The second kappa shape index (κ2) is 8.10. The van der Waals surface area contributed by atoms with E-state index in [4.69, 9.17) is 0 Å². The lowest BCUT2D eigenvalue weighted by Gasteiger charge is -2.14. The van der Waals surface area contributed by atoms with E-state index in [1.807, 2.05) is 0 Å². The zero-order chi connectivity index (χ0) is 17.6. The molecule has 25 heavy (non-hydrogen) atoms. The Morgan fingerprint density at radius 1 is 1.08 bits per heavy atom. The molecule has 0 saturated heterocycles. The molecule has 2 aromatic rings. The molecular formula is C20H26N4O. The third-order valence-corrected chi connectivity index (χ3v) is 4.84. The summed E-state index contributed by atoms with van der Waals surface area (Å²) in [5, 5.41) is 6.39. The minimum atomic E-state index is -0.0818. The number of carbonyl (C=O) groups excluding carboxylic acids is 1. The summed E-state index contributed by atoms with van der Waals surface area (Å²) < 4.78 is 0. The molecule has 1 aliphatic rings. The Balaban J connectivity index is 1.71. The van der Waals surface area contributed by atoms with Gasteiger partial charge < -0.3 is 10.6 Å². The van der Waals surface area contributed by atoms with Crippen molar-refractivity contribution >= 4 is 17.5 Å². The number of nitrogens with zero attached hydrogens (tertiary/aromatic N) is 2. The number of para-hydroxylation sites is 1. The van der Waals surface area contributed by atoms with Crippen LogP contribution in [0.5, 0.6) is 0 Å². The summed E-state index contributed by atoms with van der Waals surface area (Å²) in [4.78, 5) is 20.9. The fourth-order valence-electron chi connectivity index (χ4n) is 3.36. The monoisotopic (exact) mass is 338 g/mol. The van der Waals surface area contributed by atoms with Crippen molar-refractivity contribution in [2.24, 2.45) is 0 Å². The van der Waals surface area contributed by atoms with Crippen molar-refractivity contribution in [2.75, 3.05) is 5.32 Å². The largest absolute Gasteiger partial charge is 0.349 e. The van der Waals surface area contributed by atoms with Crippen molar-refractivity contribution in [3.05, 3.63) is 47.3 Å². The van der Waals surface area contributed by atoms with Crippen molar-refractivity contribution in [1.82, 2.24) is 15.3 Å². The molecule has 0 radical (unpaired) electrons. The number of amides is 1. The summed E-state index contributed by atoms with van der Waals surface area (Å²) in [7, 11) is 0. The number of hydrogen-bond donors (Lipinski definition) is 2. The molecule has 5 heteroatoms. The van der Waals surface area contributed by atoms with Gasteiger partial charge in [0.1, 0.15) is 0 Å². The van der Waals surface area contributed by atoms with E-state index in [9.17, 15) is 4.79 Å². The Bertz CT molecular complexity index is 699. The molecule has 0 bridgehead atoms. The fraction of sp³-hybridized carbons (Fsp3) is 0.450. The first kappa shape index (κ1) is 17.4. The molecule has 5 nitrogen and oxygen atoms in total. The molecule has 1 aromatic heterocycles. The summed E-state index contributed by atoms with van der Waals surface area (Å²) >= 11 is 0. The maximum Gasteiger partial charge on any atom is 0.254 e. The van der Waals surface area contributed by atoms with E-state index in [2.05, 4.69) is 52.6 Å². The van der Waals surface area contributed by atoms with E-state index in [0.717, 1.165) is 31.4 Å². The number of benzene rings is 1. The van der Waals surface area contributed by atoms with Gasteiger partial charge >= 0.3 is 0 Å². The Morgan fingerprint density at radius 3 is 2.24 bits per heavy atom. The molecule has 1 aromatic carbocycles. The van der Waals surface area contributed by atoms with Gasteiger partial charge in [0.25, 0.3) is 5.91 Å². The van der Waals surface area contributed by atoms with Crippen LogP contribution < -0.4 is 10.6 Å². The summed E-state index contributed by atoms with van der Waals surface area (Å²) in [6.45, 7) is 4.27. The van der Waals surface area contributed by atoms with Crippen LogP contribution in [0.4, 0.5) is 11.6 Å². The maximum absolute atomic E-state index is 12.3. The number of hydrogen-bond acceptors (Lipinski definition) is 4. The smallest absolute Gasteiger partial charge is 0.254 e. The maximum atomic E-state index is 12.3. The fourth-order valence-corrected chi connectivity index (χ4v) is 3.36. The average molecular weight is 338 g/mol. The van der Waals surface area contributed by atoms with Gasteiger partial charge in [-0.1, -0.05) is 44.9 Å². The molecule has 2 N–H and O–H groups in total. The second-order valence-corrected chi connectivity index (χ2v) is 6.53. The zero-order valence-electron chi connectivity index (χ0n) is 15.0. The first-order valence-electron chi connectivity index (χ1n) is 9.22. The van der Waals surface area contributed by atoms with Crippen molar-refractivity contribution in [2.45, 2.75) is 58.4 Å². The van der Waals surface area contributed by atoms with E-state index in [1.54, 1.807) is 12.4 Å². The molecule has 1 heterocycles. The van der Waals surface area contributed by atoms with Gasteiger partial charge in [-0.05, 0) is 36.8 Å². The first-order chi connectivity index (χ1) is 12.2. The van der Waals surface area contributed by atoms with Crippen molar-refractivity contribution in [1.29, 1.82) is 0 Å². The molecule has 1 saturated carbocycles. The Hall–Kier alpha value is -2.43. The van der Waals surface area contributed by atoms with Crippen LogP contribution in [0, 0.1) is 0 Å². The van der Waals surface area contributed by atoms with Crippen LogP contribution in [0.1, 0.15) is 61.0 Å². The van der Waals surface area contributed by atoms with Gasteiger partial charge in [-0.15, -0.1) is 0 Å². The number of aromatic nitrogens is 2. The van der Waals surface area contributed by atoms with Gasteiger partial charge in [0.05, 0.1) is 5.56 Å². The van der Waals surface area contributed by atoms with Crippen LogP contribution in [0.3, 0.4) is 0 Å². The first-order valence-corrected chi connectivity index (χ1v) is 9.22. The van der Waals surface area contributed by atoms with Gasteiger partial charge in [-0.2, -0.15) is 0 Å². The van der Waals surface area contributed by atoms with E-state index < -0.39 is 0 Å². The van der Waals surface area contributed by atoms with E-state index >= 15 is 0 Å². The highest BCUT2D eigenvalue weighted by Gasteiger charge is 2.18. The Labute approximate surface area is 149 Å². The molecule has 3 rings (SSSR count). The number of carbonyl (C=O) groups is 1. The minimum Gasteiger partial charge on any atom is -0.349 e. The highest BCUT2D eigenvalue weighted by molar-refractivity contribution is 5.93. The molecule has 1 amide bonds. The predicted octanol–water partition coefficient (Wildman–Crippen LogP) is 4.02. The van der Waals surface area contributed by atoms with E-state index in [1.165, 1.54) is 24.0 Å². The molecule has 0 atom stereocenters. The second-order valence-electron chi connectivity index (χ2n) is 6.53. The Morgan fingerprint density at radius 2 is 1.68 bits per heavy atom. The molecule has 0 aliphatic heterocycles. The zero-order valence-corrected chi connectivity index (χ0v) is 15.0. The molecule has 132 valence electrons. The van der Waals surface area contributed by atoms with Crippen molar-refractivity contribution < 1.29 is 4.79 Å². The minimum absolute atomic E-state index is 0.0818. The molecule has 0 spiro atoms. The van der Waals surface area contributed by atoms with Crippen LogP contribution >= 0.6 is 0 Å². The van der Waals surface area contributed by atoms with Gasteiger partial charge in [-0.3, -0.25) is 4.79 Å². The third-order valence-electron chi connectivity index (χ3n) is 4.84. The quantitative estimate of drug-likeness (QED) is 0.835. The lowest BCUT2D eigenvalue weighted by Crippen LogP contribution is -2.32. The van der Waals surface area contributed by atoms with Crippen LogP contribution in [-0.4, -0.2) is 21.9 Å². The van der Waals surface area contributed by atoms with Gasteiger partial charge in [-0.25, -0.2) is 9.97 Å². The third kappa shape index (κ3) is 4.16. The van der Waals surface area contributed by atoms with Crippen LogP contribution in [0.25, 0.3) is 0 Å². The predicted molar refractivity (Wildman–Crippen MR) is 100 cm³/mol. The van der Waals surface area contributed by atoms with E-state index in [-0.39, 0.29) is 5.91 Å². The van der Waals surface area contributed by atoms with Gasteiger partial charge in [0, 0.05) is 24.1 Å².